The summed E-state index contributed by atoms with van der Waals surface area (Å²) in [5.74, 6) is -0.869. The second kappa shape index (κ2) is 8.57. The number of carbonyl (C=O) groups excluding carboxylic acids is 2. The highest BCUT2D eigenvalue weighted by molar-refractivity contribution is 5.85. The fraction of sp³-hybridized carbons (Fsp3) is 0.235. The first-order chi connectivity index (χ1) is 13.0. The molecule has 0 fully saturated rings. The Morgan fingerprint density at radius 1 is 1.18 bits per heavy atom. The first-order valence-corrected chi connectivity index (χ1v) is 8.02. The molecule has 0 radical (unpaired) electrons. The van der Waals surface area contributed by atoms with Gasteiger partial charge in [0.15, 0.2) is 0 Å². The molecule has 28 heavy (non-hydrogen) atoms. The second-order valence-corrected chi connectivity index (χ2v) is 5.76. The number of hydrogen-bond donors (Lipinski definition) is 4. The standard InChI is InChI=1S/C17H18F3N5O3/c1-10(21)24-15(26)8-23-16(27)25-9-12(4-7-14(25)22)11-2-5-13(6-3-11)28-17(18,19)20/h2-7,9-10,22H,8,21H2,1H3,(H,23,27)(H,24,26). The van der Waals surface area contributed by atoms with Crippen molar-refractivity contribution in [2.45, 2.75) is 19.5 Å². The van der Waals surface area contributed by atoms with Gasteiger partial charge in [-0.05, 0) is 42.3 Å². The van der Waals surface area contributed by atoms with Crippen LogP contribution < -0.4 is 26.6 Å². The lowest BCUT2D eigenvalue weighted by molar-refractivity contribution is -0.274. The SMILES string of the molecule is CC(N)NC(=O)CNC(=O)n1cc(-c2ccc(OC(F)(F)F)cc2)ccc1=N. The Morgan fingerprint density at radius 3 is 2.36 bits per heavy atom. The summed E-state index contributed by atoms with van der Waals surface area (Å²) >= 11 is 0. The van der Waals surface area contributed by atoms with E-state index < -0.39 is 24.5 Å². The highest BCUT2D eigenvalue weighted by Crippen LogP contribution is 2.26. The first kappa shape index (κ1) is 21.0. The summed E-state index contributed by atoms with van der Waals surface area (Å²) in [5, 5.41) is 12.6. The van der Waals surface area contributed by atoms with E-state index in [0.717, 1.165) is 16.7 Å². The van der Waals surface area contributed by atoms with Crippen molar-refractivity contribution in [3.8, 4) is 16.9 Å². The van der Waals surface area contributed by atoms with Gasteiger partial charge in [0.05, 0.1) is 12.7 Å². The molecule has 5 N–H and O–H groups in total. The van der Waals surface area contributed by atoms with Crippen molar-refractivity contribution in [3.63, 3.8) is 0 Å². The smallest absolute Gasteiger partial charge is 0.406 e. The molecule has 2 rings (SSSR count). The summed E-state index contributed by atoms with van der Waals surface area (Å²) in [7, 11) is 0. The minimum Gasteiger partial charge on any atom is -0.406 e. The Kier molecular flexibility index (Phi) is 6.41. The lowest BCUT2D eigenvalue weighted by atomic mass is 10.1. The van der Waals surface area contributed by atoms with E-state index in [0.29, 0.717) is 11.1 Å². The third-order valence-electron chi connectivity index (χ3n) is 3.38. The molecular weight excluding hydrogens is 379 g/mol. The van der Waals surface area contributed by atoms with E-state index in [4.69, 9.17) is 11.1 Å². The zero-order valence-electron chi connectivity index (χ0n) is 14.7. The van der Waals surface area contributed by atoms with Gasteiger partial charge in [-0.2, -0.15) is 0 Å². The van der Waals surface area contributed by atoms with Crippen LogP contribution in [0.4, 0.5) is 18.0 Å². The number of aromatic nitrogens is 1. The largest absolute Gasteiger partial charge is 0.573 e. The molecule has 0 saturated carbocycles. The molecule has 1 atom stereocenters. The van der Waals surface area contributed by atoms with Crippen LogP contribution in [0.5, 0.6) is 5.75 Å². The van der Waals surface area contributed by atoms with E-state index in [1.165, 1.54) is 30.5 Å². The number of ether oxygens (including phenoxy) is 1. The number of nitrogens with two attached hydrogens (primary N) is 1. The molecule has 1 aromatic carbocycles. The van der Waals surface area contributed by atoms with Gasteiger partial charge >= 0.3 is 12.4 Å². The van der Waals surface area contributed by atoms with Gasteiger partial charge in [-0.3, -0.25) is 14.8 Å². The molecule has 150 valence electrons. The fourth-order valence-corrected chi connectivity index (χ4v) is 2.23. The average molecular weight is 397 g/mol. The number of carbonyl (C=O) groups is 2. The number of alkyl halides is 3. The first-order valence-electron chi connectivity index (χ1n) is 8.02. The van der Waals surface area contributed by atoms with Gasteiger partial charge in [0.2, 0.25) is 5.91 Å². The van der Waals surface area contributed by atoms with Crippen LogP contribution in [0.25, 0.3) is 11.1 Å². The molecule has 0 bridgehead atoms. The zero-order valence-corrected chi connectivity index (χ0v) is 14.7. The topological polar surface area (TPSA) is 122 Å². The predicted molar refractivity (Wildman–Crippen MR) is 93.0 cm³/mol. The summed E-state index contributed by atoms with van der Waals surface area (Å²) < 4.78 is 41.4. The van der Waals surface area contributed by atoms with Gasteiger partial charge in [-0.15, -0.1) is 13.2 Å². The van der Waals surface area contributed by atoms with Crippen molar-refractivity contribution in [3.05, 3.63) is 48.1 Å². The number of halogens is 3. The molecular formula is C17H18F3N5O3. The maximum atomic E-state index is 12.2. The van der Waals surface area contributed by atoms with E-state index >= 15 is 0 Å². The monoisotopic (exact) mass is 397 g/mol. The third-order valence-corrected chi connectivity index (χ3v) is 3.38. The number of rotatable bonds is 5. The van der Waals surface area contributed by atoms with Crippen molar-refractivity contribution >= 4 is 11.9 Å². The minimum atomic E-state index is -4.79. The van der Waals surface area contributed by atoms with Gasteiger partial charge in [0.1, 0.15) is 11.2 Å². The van der Waals surface area contributed by atoms with E-state index in [2.05, 4.69) is 15.4 Å². The van der Waals surface area contributed by atoms with Gasteiger partial charge in [-0.25, -0.2) is 4.79 Å². The van der Waals surface area contributed by atoms with Crippen molar-refractivity contribution in [1.82, 2.24) is 15.2 Å². The molecule has 2 aromatic rings. The lowest BCUT2D eigenvalue weighted by Gasteiger charge is -2.12. The third kappa shape index (κ3) is 6.13. The van der Waals surface area contributed by atoms with Crippen molar-refractivity contribution in [1.29, 1.82) is 5.41 Å². The van der Waals surface area contributed by atoms with Crippen molar-refractivity contribution < 1.29 is 27.5 Å². The fourth-order valence-electron chi connectivity index (χ4n) is 2.23. The molecule has 2 amide bonds. The molecule has 1 aromatic heterocycles. The summed E-state index contributed by atoms with van der Waals surface area (Å²) in [6, 6.07) is 7.21. The molecule has 0 aliphatic carbocycles. The number of pyridine rings is 1. The minimum absolute atomic E-state index is 0.147. The quantitative estimate of drug-likeness (QED) is 0.571. The Hall–Kier alpha value is -3.34. The highest BCUT2D eigenvalue weighted by Gasteiger charge is 2.30. The van der Waals surface area contributed by atoms with Crippen LogP contribution in [-0.2, 0) is 4.79 Å². The summed E-state index contributed by atoms with van der Waals surface area (Å²) in [6.07, 6.45) is -4.03. The highest BCUT2D eigenvalue weighted by atomic mass is 19.4. The Bertz CT molecular complexity index is 907. The van der Waals surface area contributed by atoms with E-state index in [9.17, 15) is 22.8 Å². The van der Waals surface area contributed by atoms with Crippen molar-refractivity contribution in [2.75, 3.05) is 6.54 Å². The van der Waals surface area contributed by atoms with Crippen LogP contribution in [0.1, 0.15) is 6.92 Å². The van der Waals surface area contributed by atoms with Gasteiger partial charge in [0, 0.05) is 6.20 Å². The Balaban J connectivity index is 2.15. The lowest BCUT2D eigenvalue weighted by Crippen LogP contribution is -2.46. The number of amides is 2. The summed E-state index contributed by atoms with van der Waals surface area (Å²) in [6.45, 7) is 1.23. The van der Waals surface area contributed by atoms with Gasteiger partial charge < -0.3 is 21.1 Å². The Labute approximate surface area is 157 Å². The van der Waals surface area contributed by atoms with Gasteiger partial charge in [-0.1, -0.05) is 12.1 Å². The van der Waals surface area contributed by atoms with E-state index in [-0.39, 0.29) is 17.8 Å². The normalized spacial score (nSPS) is 12.2. The molecule has 0 aliphatic heterocycles. The van der Waals surface area contributed by atoms with Crippen LogP contribution in [0.15, 0.2) is 42.6 Å². The number of nitrogens with zero attached hydrogens (tertiary/aromatic N) is 1. The predicted octanol–water partition coefficient (Wildman–Crippen LogP) is 1.51. The van der Waals surface area contributed by atoms with E-state index in [1.54, 1.807) is 6.92 Å². The molecule has 1 unspecified atom stereocenters. The molecule has 8 nitrogen and oxygen atoms in total. The number of nitrogens with one attached hydrogen (secondary N) is 3. The maximum absolute atomic E-state index is 12.2. The molecule has 1 heterocycles. The molecule has 0 spiro atoms. The zero-order chi connectivity index (χ0) is 20.9. The second-order valence-electron chi connectivity index (χ2n) is 5.76. The van der Waals surface area contributed by atoms with Crippen molar-refractivity contribution in [2.24, 2.45) is 5.73 Å². The van der Waals surface area contributed by atoms with Crippen LogP contribution in [-0.4, -0.2) is 35.6 Å². The summed E-state index contributed by atoms with van der Waals surface area (Å²) in [5.41, 5.74) is 6.25. The van der Waals surface area contributed by atoms with Crippen LogP contribution >= 0.6 is 0 Å². The number of benzene rings is 1. The Morgan fingerprint density at radius 2 is 1.79 bits per heavy atom. The number of hydrogen-bond acceptors (Lipinski definition) is 5. The van der Waals surface area contributed by atoms with Crippen LogP contribution in [0.3, 0.4) is 0 Å². The maximum Gasteiger partial charge on any atom is 0.573 e. The summed E-state index contributed by atoms with van der Waals surface area (Å²) in [4.78, 5) is 23.8. The average Bonchev–Trinajstić information content (AvgIpc) is 2.59. The van der Waals surface area contributed by atoms with Crippen LogP contribution in [0, 0.1) is 5.41 Å². The molecule has 11 heteroatoms. The molecule has 0 aliphatic rings. The molecule has 0 saturated heterocycles. The van der Waals surface area contributed by atoms with Gasteiger partial charge in [0.25, 0.3) is 0 Å². The van der Waals surface area contributed by atoms with E-state index in [1.807, 2.05) is 0 Å². The van der Waals surface area contributed by atoms with Crippen LogP contribution in [0.2, 0.25) is 0 Å².